The Kier molecular flexibility index (Phi) is 4.57. The van der Waals surface area contributed by atoms with Gasteiger partial charge in [0.1, 0.15) is 6.04 Å². The van der Waals surface area contributed by atoms with Gasteiger partial charge in [0.15, 0.2) is 5.76 Å². The number of rotatable bonds is 6. The molecule has 2 aromatic rings. The lowest BCUT2D eigenvalue weighted by Crippen LogP contribution is -2.54. The molecule has 0 saturated heterocycles. The molecule has 0 bridgehead atoms. The minimum absolute atomic E-state index is 0.0728. The van der Waals surface area contributed by atoms with E-state index in [1.807, 2.05) is 44.2 Å². The van der Waals surface area contributed by atoms with Crippen LogP contribution in [0.15, 0.2) is 40.9 Å². The Labute approximate surface area is 141 Å². The standard InChI is InChI=1S/C18H23N3O3/c1-12(20-17(23)21-18(2,11-22)14-8-9-14)16-19-10-15(24-16)13-6-4-3-5-7-13/h3-7,10,12,14,22H,8-9,11H2,1-2H3,(H2,20,21,23). The molecule has 3 rings (SSSR count). The van der Waals surface area contributed by atoms with Crippen molar-refractivity contribution in [3.63, 3.8) is 0 Å². The summed E-state index contributed by atoms with van der Waals surface area (Å²) in [5, 5.41) is 15.2. The molecule has 0 radical (unpaired) electrons. The molecule has 2 atom stereocenters. The minimum Gasteiger partial charge on any atom is -0.438 e. The van der Waals surface area contributed by atoms with Crippen LogP contribution in [0.3, 0.4) is 0 Å². The summed E-state index contributed by atoms with van der Waals surface area (Å²) < 4.78 is 5.75. The Morgan fingerprint density at radius 1 is 1.42 bits per heavy atom. The summed E-state index contributed by atoms with van der Waals surface area (Å²) in [6.07, 6.45) is 3.73. The van der Waals surface area contributed by atoms with Crippen molar-refractivity contribution in [2.24, 2.45) is 5.92 Å². The minimum atomic E-state index is -0.574. The molecule has 0 aliphatic heterocycles. The highest BCUT2D eigenvalue weighted by Crippen LogP contribution is 2.39. The van der Waals surface area contributed by atoms with Gasteiger partial charge in [0, 0.05) is 5.56 Å². The third kappa shape index (κ3) is 3.59. The molecule has 1 fully saturated rings. The largest absolute Gasteiger partial charge is 0.438 e. The summed E-state index contributed by atoms with van der Waals surface area (Å²) in [4.78, 5) is 16.5. The molecule has 3 N–H and O–H groups in total. The lowest BCUT2D eigenvalue weighted by atomic mass is 9.97. The summed E-state index contributed by atoms with van der Waals surface area (Å²) >= 11 is 0. The Hall–Kier alpha value is -2.34. The molecule has 0 spiro atoms. The molecule has 1 aliphatic carbocycles. The first kappa shape index (κ1) is 16.5. The quantitative estimate of drug-likeness (QED) is 0.760. The lowest BCUT2D eigenvalue weighted by molar-refractivity contribution is 0.154. The van der Waals surface area contributed by atoms with Crippen molar-refractivity contribution in [2.45, 2.75) is 38.3 Å². The first-order valence-corrected chi connectivity index (χ1v) is 8.22. The second-order valence-corrected chi connectivity index (χ2v) is 6.60. The molecule has 1 heterocycles. The summed E-state index contributed by atoms with van der Waals surface area (Å²) in [5.41, 5.74) is 0.366. The third-order valence-corrected chi connectivity index (χ3v) is 4.51. The van der Waals surface area contributed by atoms with E-state index in [-0.39, 0.29) is 18.7 Å². The molecule has 1 saturated carbocycles. The van der Waals surface area contributed by atoms with Crippen LogP contribution in [-0.4, -0.2) is 28.3 Å². The molecule has 24 heavy (non-hydrogen) atoms. The molecular weight excluding hydrogens is 306 g/mol. The Morgan fingerprint density at radius 3 is 2.75 bits per heavy atom. The van der Waals surface area contributed by atoms with Crippen molar-refractivity contribution in [3.05, 3.63) is 42.4 Å². The number of aromatic nitrogens is 1. The second kappa shape index (κ2) is 6.65. The van der Waals surface area contributed by atoms with E-state index < -0.39 is 5.54 Å². The lowest BCUT2D eigenvalue weighted by Gasteiger charge is -2.29. The predicted molar refractivity (Wildman–Crippen MR) is 90.2 cm³/mol. The van der Waals surface area contributed by atoms with Gasteiger partial charge in [-0.15, -0.1) is 0 Å². The predicted octanol–water partition coefficient (Wildman–Crippen LogP) is 2.86. The number of urea groups is 1. The van der Waals surface area contributed by atoms with Crippen LogP contribution in [-0.2, 0) is 0 Å². The van der Waals surface area contributed by atoms with Crippen molar-refractivity contribution in [3.8, 4) is 11.3 Å². The van der Waals surface area contributed by atoms with Crippen molar-refractivity contribution < 1.29 is 14.3 Å². The zero-order valence-electron chi connectivity index (χ0n) is 14.0. The molecule has 1 aliphatic rings. The number of hydrogen-bond donors (Lipinski definition) is 3. The molecular formula is C18H23N3O3. The maximum Gasteiger partial charge on any atom is 0.315 e. The fourth-order valence-corrected chi connectivity index (χ4v) is 2.77. The summed E-state index contributed by atoms with van der Waals surface area (Å²) in [6.45, 7) is 3.61. The van der Waals surface area contributed by atoms with Gasteiger partial charge in [-0.05, 0) is 32.6 Å². The van der Waals surface area contributed by atoms with Crippen molar-refractivity contribution in [1.82, 2.24) is 15.6 Å². The fourth-order valence-electron chi connectivity index (χ4n) is 2.77. The van der Waals surface area contributed by atoms with Gasteiger partial charge in [0.2, 0.25) is 5.89 Å². The van der Waals surface area contributed by atoms with Crippen molar-refractivity contribution in [1.29, 1.82) is 0 Å². The third-order valence-electron chi connectivity index (χ3n) is 4.51. The van der Waals surface area contributed by atoms with Crippen LogP contribution in [0.4, 0.5) is 4.79 Å². The van der Waals surface area contributed by atoms with Gasteiger partial charge in [-0.2, -0.15) is 0 Å². The summed E-state index contributed by atoms with van der Waals surface area (Å²) in [5.74, 6) is 1.45. The van der Waals surface area contributed by atoms with Gasteiger partial charge in [-0.1, -0.05) is 30.3 Å². The monoisotopic (exact) mass is 329 g/mol. The van der Waals surface area contributed by atoms with Crippen LogP contribution < -0.4 is 10.6 Å². The van der Waals surface area contributed by atoms with Crippen LogP contribution in [0.25, 0.3) is 11.3 Å². The SMILES string of the molecule is CC(NC(=O)NC(C)(CO)C1CC1)c1ncc(-c2ccccc2)o1. The van der Waals surface area contributed by atoms with Gasteiger partial charge in [-0.3, -0.25) is 0 Å². The number of aliphatic hydroxyl groups excluding tert-OH is 1. The number of hydrogen-bond acceptors (Lipinski definition) is 4. The van der Waals surface area contributed by atoms with E-state index in [0.717, 1.165) is 18.4 Å². The zero-order chi connectivity index (χ0) is 17.2. The van der Waals surface area contributed by atoms with E-state index in [9.17, 15) is 9.90 Å². The van der Waals surface area contributed by atoms with Crippen LogP contribution in [0.5, 0.6) is 0 Å². The Morgan fingerprint density at radius 2 is 2.12 bits per heavy atom. The number of benzene rings is 1. The fraction of sp³-hybridized carbons (Fsp3) is 0.444. The van der Waals surface area contributed by atoms with Crippen LogP contribution in [0, 0.1) is 5.92 Å². The van der Waals surface area contributed by atoms with E-state index in [1.165, 1.54) is 0 Å². The summed E-state index contributed by atoms with van der Waals surface area (Å²) in [7, 11) is 0. The molecule has 2 unspecified atom stereocenters. The van der Waals surface area contributed by atoms with Gasteiger partial charge < -0.3 is 20.2 Å². The first-order valence-electron chi connectivity index (χ1n) is 8.22. The van der Waals surface area contributed by atoms with Gasteiger partial charge >= 0.3 is 6.03 Å². The molecule has 1 aromatic heterocycles. The average molecular weight is 329 g/mol. The van der Waals surface area contributed by atoms with Gasteiger partial charge in [0.05, 0.1) is 18.3 Å². The topological polar surface area (TPSA) is 87.4 Å². The average Bonchev–Trinajstić information content (AvgIpc) is 3.33. The highest BCUT2D eigenvalue weighted by molar-refractivity contribution is 5.75. The smallest absolute Gasteiger partial charge is 0.315 e. The number of oxazole rings is 1. The van der Waals surface area contributed by atoms with Gasteiger partial charge in [0.25, 0.3) is 0 Å². The first-order chi connectivity index (χ1) is 11.5. The second-order valence-electron chi connectivity index (χ2n) is 6.60. The van der Waals surface area contributed by atoms with Crippen LogP contribution in [0.1, 0.15) is 38.6 Å². The van der Waals surface area contributed by atoms with E-state index in [2.05, 4.69) is 15.6 Å². The van der Waals surface area contributed by atoms with E-state index in [0.29, 0.717) is 17.6 Å². The number of nitrogens with one attached hydrogen (secondary N) is 2. The molecule has 6 heteroatoms. The highest BCUT2D eigenvalue weighted by Gasteiger charge is 2.42. The maximum absolute atomic E-state index is 12.2. The number of amides is 2. The highest BCUT2D eigenvalue weighted by atomic mass is 16.4. The van der Waals surface area contributed by atoms with Crippen LogP contribution in [0.2, 0.25) is 0 Å². The molecule has 2 amide bonds. The molecule has 6 nitrogen and oxygen atoms in total. The van der Waals surface area contributed by atoms with Gasteiger partial charge in [-0.25, -0.2) is 9.78 Å². The van der Waals surface area contributed by atoms with E-state index in [1.54, 1.807) is 6.20 Å². The number of carbonyl (C=O) groups is 1. The number of carbonyl (C=O) groups excluding carboxylic acids is 1. The van der Waals surface area contributed by atoms with Crippen molar-refractivity contribution in [2.75, 3.05) is 6.61 Å². The maximum atomic E-state index is 12.2. The van der Waals surface area contributed by atoms with E-state index in [4.69, 9.17) is 4.42 Å². The van der Waals surface area contributed by atoms with Crippen LogP contribution >= 0.6 is 0 Å². The number of aliphatic hydroxyl groups is 1. The summed E-state index contributed by atoms with van der Waals surface area (Å²) in [6, 6.07) is 8.98. The van der Waals surface area contributed by atoms with E-state index >= 15 is 0 Å². The zero-order valence-corrected chi connectivity index (χ0v) is 14.0. The molecule has 1 aromatic carbocycles. The normalized spacial score (nSPS) is 17.8. The molecule has 128 valence electrons. The van der Waals surface area contributed by atoms with Crippen molar-refractivity contribution >= 4 is 6.03 Å². The number of nitrogens with zero attached hydrogens (tertiary/aromatic N) is 1. The Balaban J connectivity index is 1.61. The Bertz CT molecular complexity index is 697.